The molecule has 1 heterocycles. The molecule has 7 heteroatoms. The first-order chi connectivity index (χ1) is 15.4. The molecule has 162 valence electrons. The molecule has 4 aromatic rings. The first kappa shape index (κ1) is 21.6. The van der Waals surface area contributed by atoms with Crippen LogP contribution < -0.4 is 5.32 Å². The number of amides is 1. The van der Waals surface area contributed by atoms with Gasteiger partial charge in [-0.1, -0.05) is 42.5 Å². The quantitative estimate of drug-likeness (QED) is 0.399. The number of aromatic nitrogens is 1. The van der Waals surface area contributed by atoms with Crippen LogP contribution in [0.25, 0.3) is 10.2 Å². The number of nitrogens with one attached hydrogen (secondary N) is 1. The van der Waals surface area contributed by atoms with Crippen molar-refractivity contribution in [2.75, 3.05) is 11.9 Å². The van der Waals surface area contributed by atoms with E-state index in [-0.39, 0.29) is 0 Å². The fourth-order valence-electron chi connectivity index (χ4n) is 3.42. The van der Waals surface area contributed by atoms with E-state index in [2.05, 4.69) is 10.3 Å². The van der Waals surface area contributed by atoms with E-state index in [4.69, 9.17) is 4.74 Å². The van der Waals surface area contributed by atoms with Gasteiger partial charge in [0.25, 0.3) is 5.91 Å². The third-order valence-electron chi connectivity index (χ3n) is 5.17. The molecule has 0 spiro atoms. The van der Waals surface area contributed by atoms with E-state index < -0.39 is 29.7 Å². The number of benzene rings is 3. The minimum Gasteiger partial charge on any atom is -0.455 e. The number of hydrogen-bond acceptors (Lipinski definition) is 5. The van der Waals surface area contributed by atoms with Gasteiger partial charge < -0.3 is 10.1 Å². The van der Waals surface area contributed by atoms with Gasteiger partial charge in [-0.15, -0.1) is 11.3 Å². The molecule has 0 aliphatic heterocycles. The van der Waals surface area contributed by atoms with Gasteiger partial charge in [-0.25, -0.2) is 9.37 Å². The maximum atomic E-state index is 13.2. The SMILES string of the molecule is C[C@@](Cc1nc2ccccc2s1)(C(=O)OCC(=O)Nc1ccc(F)cc1)c1ccccc1. The molecule has 1 atom stereocenters. The predicted molar refractivity (Wildman–Crippen MR) is 123 cm³/mol. The second-order valence-corrected chi connectivity index (χ2v) is 8.70. The van der Waals surface area contributed by atoms with Crippen LogP contribution in [-0.4, -0.2) is 23.5 Å². The highest BCUT2D eigenvalue weighted by atomic mass is 32.1. The van der Waals surface area contributed by atoms with E-state index in [1.807, 2.05) is 54.6 Å². The summed E-state index contributed by atoms with van der Waals surface area (Å²) in [6.07, 6.45) is 0.342. The number of carbonyl (C=O) groups excluding carboxylic acids is 2. The maximum Gasteiger partial charge on any atom is 0.317 e. The van der Waals surface area contributed by atoms with E-state index in [0.717, 1.165) is 20.8 Å². The Morgan fingerprint density at radius 3 is 2.41 bits per heavy atom. The Morgan fingerprint density at radius 2 is 1.69 bits per heavy atom. The van der Waals surface area contributed by atoms with E-state index in [0.29, 0.717) is 12.1 Å². The molecule has 0 unspecified atom stereocenters. The molecule has 5 nitrogen and oxygen atoms in total. The first-order valence-electron chi connectivity index (χ1n) is 10.1. The van der Waals surface area contributed by atoms with Gasteiger partial charge >= 0.3 is 5.97 Å². The van der Waals surface area contributed by atoms with Crippen LogP contribution in [0.1, 0.15) is 17.5 Å². The minimum atomic E-state index is -1.02. The maximum absolute atomic E-state index is 13.2. The number of fused-ring (bicyclic) bond motifs is 1. The van der Waals surface area contributed by atoms with Crippen molar-refractivity contribution >= 4 is 39.1 Å². The van der Waals surface area contributed by atoms with Gasteiger partial charge in [0.1, 0.15) is 5.82 Å². The number of thiazole rings is 1. The fourth-order valence-corrected chi connectivity index (χ4v) is 4.54. The number of esters is 1. The summed E-state index contributed by atoms with van der Waals surface area (Å²) in [5.74, 6) is -1.42. The van der Waals surface area contributed by atoms with Crippen LogP contribution in [0.3, 0.4) is 0 Å². The molecule has 0 aliphatic carbocycles. The Hall–Kier alpha value is -3.58. The van der Waals surface area contributed by atoms with Crippen LogP contribution >= 0.6 is 11.3 Å². The molecule has 0 fully saturated rings. The standard InChI is InChI=1S/C25H21FN2O3S/c1-25(17-7-3-2-4-8-17,15-23-28-20-9-5-6-10-21(20)32-23)24(30)31-16-22(29)27-19-13-11-18(26)12-14-19/h2-14H,15-16H2,1H3,(H,27,29)/t25-/m0/s1. The number of carbonyl (C=O) groups is 2. The summed E-state index contributed by atoms with van der Waals surface area (Å²) in [5, 5.41) is 3.40. The van der Waals surface area contributed by atoms with Crippen LogP contribution in [-0.2, 0) is 26.2 Å². The van der Waals surface area contributed by atoms with E-state index in [1.165, 1.54) is 35.6 Å². The van der Waals surface area contributed by atoms with Gasteiger partial charge in [0.2, 0.25) is 0 Å². The smallest absolute Gasteiger partial charge is 0.317 e. The van der Waals surface area contributed by atoms with Crippen molar-refractivity contribution in [3.05, 3.63) is 95.3 Å². The average molecular weight is 449 g/mol. The van der Waals surface area contributed by atoms with Crippen molar-refractivity contribution in [3.8, 4) is 0 Å². The molecule has 0 saturated heterocycles. The summed E-state index contributed by atoms with van der Waals surface area (Å²) >= 11 is 1.53. The number of hydrogen-bond donors (Lipinski definition) is 1. The fraction of sp³-hybridized carbons (Fsp3) is 0.160. The highest BCUT2D eigenvalue weighted by molar-refractivity contribution is 7.18. The summed E-state index contributed by atoms with van der Waals surface area (Å²) < 4.78 is 19.5. The van der Waals surface area contributed by atoms with Crippen molar-refractivity contribution in [3.63, 3.8) is 0 Å². The highest BCUT2D eigenvalue weighted by Gasteiger charge is 2.38. The number of nitrogens with zero attached hydrogens (tertiary/aromatic N) is 1. The topological polar surface area (TPSA) is 68.3 Å². The molecule has 0 radical (unpaired) electrons. The lowest BCUT2D eigenvalue weighted by molar-refractivity contribution is -0.153. The number of halogens is 1. The number of anilines is 1. The van der Waals surface area contributed by atoms with Crippen LogP contribution in [0.2, 0.25) is 0 Å². The number of rotatable bonds is 7. The number of ether oxygens (including phenoxy) is 1. The van der Waals surface area contributed by atoms with Crippen molar-refractivity contribution in [1.82, 2.24) is 4.98 Å². The zero-order valence-corrected chi connectivity index (χ0v) is 18.2. The third kappa shape index (κ3) is 4.84. The van der Waals surface area contributed by atoms with E-state index in [9.17, 15) is 14.0 Å². The molecule has 1 N–H and O–H groups in total. The Labute approximate surface area is 188 Å². The third-order valence-corrected chi connectivity index (χ3v) is 6.20. The van der Waals surface area contributed by atoms with Crippen LogP contribution in [0.4, 0.5) is 10.1 Å². The van der Waals surface area contributed by atoms with Gasteiger partial charge in [0.15, 0.2) is 6.61 Å². The molecule has 1 amide bonds. The lowest BCUT2D eigenvalue weighted by Gasteiger charge is -2.27. The van der Waals surface area contributed by atoms with Crippen LogP contribution in [0.5, 0.6) is 0 Å². The van der Waals surface area contributed by atoms with Crippen molar-refractivity contribution in [2.24, 2.45) is 0 Å². The zero-order valence-electron chi connectivity index (χ0n) is 17.4. The van der Waals surface area contributed by atoms with Gasteiger partial charge in [-0.05, 0) is 48.9 Å². The summed E-state index contributed by atoms with van der Waals surface area (Å²) in [6, 6.07) is 22.5. The number of para-hydroxylation sites is 1. The Kier molecular flexibility index (Phi) is 6.28. The normalized spacial score (nSPS) is 12.8. The summed E-state index contributed by atoms with van der Waals surface area (Å²) in [6.45, 7) is 1.35. The van der Waals surface area contributed by atoms with Crippen molar-refractivity contribution in [1.29, 1.82) is 0 Å². The van der Waals surface area contributed by atoms with Crippen molar-refractivity contribution in [2.45, 2.75) is 18.8 Å². The van der Waals surface area contributed by atoms with Crippen LogP contribution in [0.15, 0.2) is 78.9 Å². The van der Waals surface area contributed by atoms with Gasteiger partial charge in [0.05, 0.1) is 20.6 Å². The summed E-state index contributed by atoms with van der Waals surface area (Å²) in [4.78, 5) is 30.1. The molecule has 3 aromatic carbocycles. The van der Waals surface area contributed by atoms with E-state index >= 15 is 0 Å². The molecule has 4 rings (SSSR count). The second kappa shape index (κ2) is 9.28. The lowest BCUT2D eigenvalue weighted by atomic mass is 9.79. The Morgan fingerprint density at radius 1 is 1.00 bits per heavy atom. The zero-order chi connectivity index (χ0) is 22.6. The predicted octanol–water partition coefficient (Wildman–Crippen LogP) is 5.12. The van der Waals surface area contributed by atoms with E-state index in [1.54, 1.807) is 6.92 Å². The molecular formula is C25H21FN2O3S. The first-order valence-corrected chi connectivity index (χ1v) is 10.9. The van der Waals surface area contributed by atoms with Crippen molar-refractivity contribution < 1.29 is 18.7 Å². The van der Waals surface area contributed by atoms with Gasteiger partial charge in [-0.2, -0.15) is 0 Å². The molecule has 0 aliphatic rings. The largest absolute Gasteiger partial charge is 0.455 e. The van der Waals surface area contributed by atoms with Gasteiger partial charge in [-0.3, -0.25) is 9.59 Å². The molecule has 1 aromatic heterocycles. The minimum absolute atomic E-state index is 0.342. The second-order valence-electron chi connectivity index (χ2n) is 7.58. The highest BCUT2D eigenvalue weighted by Crippen LogP contribution is 2.33. The Bertz CT molecular complexity index is 1210. The lowest BCUT2D eigenvalue weighted by Crippen LogP contribution is -2.38. The molecule has 32 heavy (non-hydrogen) atoms. The van der Waals surface area contributed by atoms with Gasteiger partial charge in [0, 0.05) is 12.1 Å². The summed E-state index contributed by atoms with van der Waals surface area (Å²) in [5.41, 5.74) is 1.07. The monoisotopic (exact) mass is 448 g/mol. The molecule has 0 bridgehead atoms. The Balaban J connectivity index is 1.51. The average Bonchev–Trinajstić information content (AvgIpc) is 3.21. The van der Waals surface area contributed by atoms with Crippen LogP contribution in [0, 0.1) is 5.82 Å². The molecular weight excluding hydrogens is 427 g/mol. The molecule has 0 saturated carbocycles. The summed E-state index contributed by atoms with van der Waals surface area (Å²) in [7, 11) is 0.